The molecule has 7 heteroatoms. The second-order valence-electron chi connectivity index (χ2n) is 6.01. The number of amides is 1. The van der Waals surface area contributed by atoms with Crippen molar-refractivity contribution in [2.75, 3.05) is 6.54 Å². The maximum atomic E-state index is 12.7. The fourth-order valence-electron chi connectivity index (χ4n) is 2.48. The van der Waals surface area contributed by atoms with Crippen molar-refractivity contribution in [3.8, 4) is 5.69 Å². The Labute approximate surface area is 140 Å². The number of rotatable bonds is 6. The molecular formula is C17H22N4O3. The van der Waals surface area contributed by atoms with E-state index in [-0.39, 0.29) is 30.6 Å². The molecule has 1 aromatic carbocycles. The van der Waals surface area contributed by atoms with Gasteiger partial charge in [0.25, 0.3) is 5.91 Å². The molecule has 0 unspecified atom stereocenters. The first-order valence-electron chi connectivity index (χ1n) is 7.83. The van der Waals surface area contributed by atoms with Gasteiger partial charge >= 0.3 is 5.97 Å². The monoisotopic (exact) mass is 330 g/mol. The Bertz CT molecular complexity index is 752. The van der Waals surface area contributed by atoms with E-state index < -0.39 is 5.97 Å². The van der Waals surface area contributed by atoms with Gasteiger partial charge in [0.1, 0.15) is 0 Å². The number of aliphatic carboxylic acids is 1. The van der Waals surface area contributed by atoms with E-state index in [1.54, 1.807) is 11.6 Å². The predicted octanol–water partition coefficient (Wildman–Crippen LogP) is 2.21. The summed E-state index contributed by atoms with van der Waals surface area (Å²) in [6, 6.07) is 7.63. The van der Waals surface area contributed by atoms with Crippen LogP contribution in [-0.4, -0.2) is 49.5 Å². The lowest BCUT2D eigenvalue weighted by Gasteiger charge is -2.25. The van der Waals surface area contributed by atoms with Gasteiger partial charge in [0, 0.05) is 12.6 Å². The van der Waals surface area contributed by atoms with Crippen LogP contribution in [0.2, 0.25) is 0 Å². The molecule has 1 N–H and O–H groups in total. The molecule has 1 heterocycles. The highest BCUT2D eigenvalue weighted by Crippen LogP contribution is 2.16. The quantitative estimate of drug-likeness (QED) is 0.877. The maximum Gasteiger partial charge on any atom is 0.305 e. The molecule has 0 saturated heterocycles. The van der Waals surface area contributed by atoms with Crippen molar-refractivity contribution in [3.63, 3.8) is 0 Å². The molecule has 2 aromatic rings. The minimum Gasteiger partial charge on any atom is -0.481 e. The Morgan fingerprint density at radius 2 is 2.00 bits per heavy atom. The van der Waals surface area contributed by atoms with Crippen LogP contribution in [-0.2, 0) is 4.79 Å². The first kappa shape index (κ1) is 17.7. The third-order valence-electron chi connectivity index (χ3n) is 3.79. The molecule has 1 aromatic heterocycles. The number of carboxylic acids is 1. The average molecular weight is 330 g/mol. The van der Waals surface area contributed by atoms with Gasteiger partial charge in [0.05, 0.1) is 17.8 Å². The second kappa shape index (κ2) is 7.25. The number of carbonyl (C=O) groups is 2. The Balaban J connectivity index is 2.31. The van der Waals surface area contributed by atoms with Gasteiger partial charge in [0.15, 0.2) is 5.69 Å². The fourth-order valence-corrected chi connectivity index (χ4v) is 2.48. The van der Waals surface area contributed by atoms with Crippen LogP contribution in [0.4, 0.5) is 0 Å². The first-order valence-corrected chi connectivity index (χ1v) is 7.83. The van der Waals surface area contributed by atoms with Gasteiger partial charge in [-0.2, -0.15) is 0 Å². The van der Waals surface area contributed by atoms with Crippen LogP contribution in [0.25, 0.3) is 5.69 Å². The average Bonchev–Trinajstić information content (AvgIpc) is 2.88. The molecule has 0 bridgehead atoms. The zero-order valence-electron chi connectivity index (χ0n) is 14.4. The molecule has 0 aliphatic carbocycles. The van der Waals surface area contributed by atoms with Crippen molar-refractivity contribution in [2.24, 2.45) is 0 Å². The standard InChI is InChI=1S/C17H22N4O3/c1-11(2)20(9-8-15(22)23)17(24)16-13(4)21(19-18-16)14-7-5-6-12(3)10-14/h5-7,10-11H,8-9H2,1-4H3,(H,22,23). The molecular weight excluding hydrogens is 308 g/mol. The Kier molecular flexibility index (Phi) is 5.33. The van der Waals surface area contributed by atoms with Gasteiger partial charge in [-0.3, -0.25) is 9.59 Å². The Morgan fingerprint density at radius 1 is 1.29 bits per heavy atom. The summed E-state index contributed by atoms with van der Waals surface area (Å²) in [5, 5.41) is 17.0. The van der Waals surface area contributed by atoms with Crippen LogP contribution in [0.5, 0.6) is 0 Å². The zero-order chi connectivity index (χ0) is 17.9. The zero-order valence-corrected chi connectivity index (χ0v) is 14.4. The van der Waals surface area contributed by atoms with Gasteiger partial charge in [-0.25, -0.2) is 4.68 Å². The summed E-state index contributed by atoms with van der Waals surface area (Å²) in [6.45, 7) is 7.60. The lowest BCUT2D eigenvalue weighted by atomic mass is 10.2. The van der Waals surface area contributed by atoms with Gasteiger partial charge in [-0.1, -0.05) is 17.3 Å². The van der Waals surface area contributed by atoms with E-state index in [0.717, 1.165) is 11.3 Å². The number of aromatic nitrogens is 3. The summed E-state index contributed by atoms with van der Waals surface area (Å²) >= 11 is 0. The van der Waals surface area contributed by atoms with Crippen molar-refractivity contribution < 1.29 is 14.7 Å². The van der Waals surface area contributed by atoms with Crippen molar-refractivity contribution in [1.29, 1.82) is 0 Å². The van der Waals surface area contributed by atoms with E-state index in [1.807, 2.05) is 45.0 Å². The molecule has 7 nitrogen and oxygen atoms in total. The fraction of sp³-hybridized carbons (Fsp3) is 0.412. The number of hydrogen-bond acceptors (Lipinski definition) is 4. The van der Waals surface area contributed by atoms with Crippen LogP contribution in [0.1, 0.15) is 42.0 Å². The molecule has 0 spiro atoms. The highest BCUT2D eigenvalue weighted by atomic mass is 16.4. The van der Waals surface area contributed by atoms with E-state index in [9.17, 15) is 9.59 Å². The van der Waals surface area contributed by atoms with Crippen LogP contribution >= 0.6 is 0 Å². The van der Waals surface area contributed by atoms with Crippen molar-refractivity contribution in [3.05, 3.63) is 41.2 Å². The van der Waals surface area contributed by atoms with Crippen LogP contribution < -0.4 is 0 Å². The summed E-state index contributed by atoms with van der Waals surface area (Å²) in [5.41, 5.74) is 2.79. The highest BCUT2D eigenvalue weighted by molar-refractivity contribution is 5.93. The lowest BCUT2D eigenvalue weighted by Crippen LogP contribution is -2.39. The van der Waals surface area contributed by atoms with Crippen molar-refractivity contribution >= 4 is 11.9 Å². The SMILES string of the molecule is Cc1cccc(-n2nnc(C(=O)N(CCC(=O)O)C(C)C)c2C)c1. The lowest BCUT2D eigenvalue weighted by molar-refractivity contribution is -0.137. The van der Waals surface area contributed by atoms with Gasteiger partial charge in [-0.15, -0.1) is 5.10 Å². The van der Waals surface area contributed by atoms with E-state index in [1.165, 1.54) is 4.90 Å². The molecule has 1 amide bonds. The van der Waals surface area contributed by atoms with Crippen molar-refractivity contribution in [2.45, 2.75) is 40.2 Å². The number of benzene rings is 1. The summed E-state index contributed by atoms with van der Waals surface area (Å²) in [6.07, 6.45) is -0.102. The number of hydrogen-bond donors (Lipinski definition) is 1. The maximum absolute atomic E-state index is 12.7. The molecule has 0 atom stereocenters. The van der Waals surface area contributed by atoms with Crippen LogP contribution in [0.3, 0.4) is 0 Å². The molecule has 24 heavy (non-hydrogen) atoms. The van der Waals surface area contributed by atoms with E-state index >= 15 is 0 Å². The number of aryl methyl sites for hydroxylation is 1. The molecule has 0 aliphatic rings. The van der Waals surface area contributed by atoms with E-state index in [2.05, 4.69) is 10.3 Å². The van der Waals surface area contributed by atoms with E-state index in [0.29, 0.717) is 5.69 Å². The number of carbonyl (C=O) groups excluding carboxylic acids is 1. The second-order valence-corrected chi connectivity index (χ2v) is 6.01. The molecule has 0 fully saturated rings. The van der Waals surface area contributed by atoms with Gasteiger partial charge < -0.3 is 10.0 Å². The Hall–Kier alpha value is -2.70. The topological polar surface area (TPSA) is 88.3 Å². The summed E-state index contributed by atoms with van der Waals surface area (Å²) in [7, 11) is 0. The molecule has 0 saturated carbocycles. The molecule has 0 aliphatic heterocycles. The third-order valence-corrected chi connectivity index (χ3v) is 3.79. The highest BCUT2D eigenvalue weighted by Gasteiger charge is 2.25. The molecule has 2 rings (SSSR count). The molecule has 128 valence electrons. The van der Waals surface area contributed by atoms with Crippen molar-refractivity contribution in [1.82, 2.24) is 19.9 Å². The van der Waals surface area contributed by atoms with E-state index in [4.69, 9.17) is 5.11 Å². The summed E-state index contributed by atoms with van der Waals surface area (Å²) in [4.78, 5) is 25.1. The molecule has 0 radical (unpaired) electrons. The van der Waals surface area contributed by atoms with Crippen LogP contribution in [0, 0.1) is 13.8 Å². The largest absolute Gasteiger partial charge is 0.481 e. The minimum atomic E-state index is -0.936. The summed E-state index contributed by atoms with van der Waals surface area (Å²) in [5.74, 6) is -1.24. The third kappa shape index (κ3) is 3.79. The normalized spacial score (nSPS) is 10.9. The number of carboxylic acid groups (broad SMARTS) is 1. The summed E-state index contributed by atoms with van der Waals surface area (Å²) < 4.78 is 1.62. The predicted molar refractivity (Wildman–Crippen MR) is 89.3 cm³/mol. The smallest absolute Gasteiger partial charge is 0.305 e. The first-order chi connectivity index (χ1) is 11.3. The Morgan fingerprint density at radius 3 is 2.58 bits per heavy atom. The van der Waals surface area contributed by atoms with Crippen LogP contribution in [0.15, 0.2) is 24.3 Å². The number of nitrogens with zero attached hydrogens (tertiary/aromatic N) is 4. The minimum absolute atomic E-state index is 0.102. The van der Waals surface area contributed by atoms with Gasteiger partial charge in [-0.05, 0) is 45.4 Å². The van der Waals surface area contributed by atoms with Gasteiger partial charge in [0.2, 0.25) is 0 Å².